The van der Waals surface area contributed by atoms with Gasteiger partial charge in [-0.05, 0) is 55.7 Å². The van der Waals surface area contributed by atoms with Gasteiger partial charge in [0.1, 0.15) is 5.75 Å². The van der Waals surface area contributed by atoms with Crippen molar-refractivity contribution in [3.8, 4) is 22.7 Å². The number of nitrogens with one attached hydrogen (secondary N) is 1. The van der Waals surface area contributed by atoms with E-state index in [0.29, 0.717) is 5.56 Å². The summed E-state index contributed by atoms with van der Waals surface area (Å²) in [5.74, 6) is 0.761. The predicted octanol–water partition coefficient (Wildman–Crippen LogP) is 4.59. The minimum atomic E-state index is -0.0474. The standard InChI is InChI=1S/C24H27N3O2/c1-18-22(24(28)25-26-15-7-4-8-16-26)17-23(19-9-5-3-6-10-19)27(18)20-11-13-21(29-2)14-12-20/h3,5-6,9-14,17H,4,7-8,15-16H2,1-2H3,(H,25,28). The Kier molecular flexibility index (Phi) is 5.67. The lowest BCUT2D eigenvalue weighted by Crippen LogP contribution is -2.45. The first kappa shape index (κ1) is 19.3. The monoisotopic (exact) mass is 389 g/mol. The average Bonchev–Trinajstić information content (AvgIpc) is 3.12. The molecule has 1 amide bonds. The van der Waals surface area contributed by atoms with Crippen molar-refractivity contribution in [2.75, 3.05) is 20.2 Å². The average molecular weight is 389 g/mol. The molecule has 4 rings (SSSR count). The fourth-order valence-corrected chi connectivity index (χ4v) is 3.93. The predicted molar refractivity (Wildman–Crippen MR) is 115 cm³/mol. The van der Waals surface area contributed by atoms with Crippen LogP contribution in [0.3, 0.4) is 0 Å². The van der Waals surface area contributed by atoms with E-state index < -0.39 is 0 Å². The number of hydrogen-bond donors (Lipinski definition) is 1. The molecule has 150 valence electrons. The lowest BCUT2D eigenvalue weighted by atomic mass is 10.1. The van der Waals surface area contributed by atoms with Crippen LogP contribution in [0.2, 0.25) is 0 Å². The second kappa shape index (κ2) is 8.53. The van der Waals surface area contributed by atoms with E-state index in [1.165, 1.54) is 6.42 Å². The van der Waals surface area contributed by atoms with E-state index >= 15 is 0 Å². The van der Waals surface area contributed by atoms with Gasteiger partial charge in [0.15, 0.2) is 0 Å². The van der Waals surface area contributed by atoms with E-state index in [-0.39, 0.29) is 5.91 Å². The highest BCUT2D eigenvalue weighted by molar-refractivity contribution is 5.97. The number of hydrogen-bond acceptors (Lipinski definition) is 3. The summed E-state index contributed by atoms with van der Waals surface area (Å²) in [4.78, 5) is 13.1. The second-order valence-electron chi connectivity index (χ2n) is 7.42. The summed E-state index contributed by atoms with van der Waals surface area (Å²) in [6.45, 7) is 3.83. The number of aromatic nitrogens is 1. The summed E-state index contributed by atoms with van der Waals surface area (Å²) < 4.78 is 7.44. The number of nitrogens with zero attached hydrogens (tertiary/aromatic N) is 2. The molecule has 5 nitrogen and oxygen atoms in total. The Bertz CT molecular complexity index is 971. The van der Waals surface area contributed by atoms with Gasteiger partial charge >= 0.3 is 0 Å². The first-order chi connectivity index (χ1) is 14.2. The third-order valence-corrected chi connectivity index (χ3v) is 5.51. The highest BCUT2D eigenvalue weighted by atomic mass is 16.5. The molecule has 5 heteroatoms. The Morgan fingerprint density at radius 2 is 1.66 bits per heavy atom. The van der Waals surface area contributed by atoms with Crippen LogP contribution in [0.15, 0.2) is 60.7 Å². The van der Waals surface area contributed by atoms with E-state index in [4.69, 9.17) is 4.74 Å². The van der Waals surface area contributed by atoms with E-state index in [1.54, 1.807) is 7.11 Å². The van der Waals surface area contributed by atoms with Crippen molar-refractivity contribution in [3.05, 3.63) is 71.9 Å². The van der Waals surface area contributed by atoms with Crippen molar-refractivity contribution in [1.82, 2.24) is 15.0 Å². The van der Waals surface area contributed by atoms with Gasteiger partial charge in [-0.2, -0.15) is 0 Å². The normalized spacial score (nSPS) is 14.6. The van der Waals surface area contributed by atoms with Crippen LogP contribution in [-0.4, -0.2) is 35.7 Å². The molecular formula is C24H27N3O2. The largest absolute Gasteiger partial charge is 0.497 e. The Morgan fingerprint density at radius 1 is 0.966 bits per heavy atom. The number of piperidine rings is 1. The van der Waals surface area contributed by atoms with Crippen LogP contribution in [0.5, 0.6) is 5.75 Å². The van der Waals surface area contributed by atoms with Gasteiger partial charge in [0.2, 0.25) is 0 Å². The molecule has 0 spiro atoms. The van der Waals surface area contributed by atoms with Gasteiger partial charge in [0, 0.05) is 24.5 Å². The Balaban J connectivity index is 1.74. The number of carbonyl (C=O) groups excluding carboxylic acids is 1. The molecule has 0 atom stereocenters. The van der Waals surface area contributed by atoms with Crippen LogP contribution in [0, 0.1) is 6.92 Å². The van der Waals surface area contributed by atoms with Crippen LogP contribution >= 0.6 is 0 Å². The summed E-state index contributed by atoms with van der Waals surface area (Å²) in [5, 5.41) is 2.04. The number of hydrazine groups is 1. The van der Waals surface area contributed by atoms with Crippen molar-refractivity contribution in [3.63, 3.8) is 0 Å². The third kappa shape index (κ3) is 4.05. The molecule has 1 aromatic heterocycles. The SMILES string of the molecule is COc1ccc(-n2c(-c3ccccc3)cc(C(=O)NN3CCCCC3)c2C)cc1. The lowest BCUT2D eigenvalue weighted by Gasteiger charge is -2.26. The summed E-state index contributed by atoms with van der Waals surface area (Å²) in [6, 6.07) is 20.1. The molecule has 1 aliphatic heterocycles. The number of rotatable bonds is 5. The number of benzene rings is 2. The molecule has 0 unspecified atom stereocenters. The molecular weight excluding hydrogens is 362 g/mol. The lowest BCUT2D eigenvalue weighted by molar-refractivity contribution is 0.0749. The highest BCUT2D eigenvalue weighted by Crippen LogP contribution is 2.30. The smallest absolute Gasteiger partial charge is 0.267 e. The number of carbonyl (C=O) groups is 1. The molecule has 2 aromatic carbocycles. The third-order valence-electron chi connectivity index (χ3n) is 5.51. The van der Waals surface area contributed by atoms with E-state index in [1.807, 2.05) is 60.5 Å². The van der Waals surface area contributed by atoms with Crippen LogP contribution in [0.4, 0.5) is 0 Å². The van der Waals surface area contributed by atoms with Gasteiger partial charge in [-0.15, -0.1) is 0 Å². The Hall–Kier alpha value is -3.05. The zero-order chi connectivity index (χ0) is 20.2. The first-order valence-electron chi connectivity index (χ1n) is 10.2. The van der Waals surface area contributed by atoms with Gasteiger partial charge < -0.3 is 9.30 Å². The molecule has 0 radical (unpaired) electrons. The van der Waals surface area contributed by atoms with Crippen LogP contribution in [0.25, 0.3) is 16.9 Å². The topological polar surface area (TPSA) is 46.5 Å². The van der Waals surface area contributed by atoms with Gasteiger partial charge in [-0.3, -0.25) is 10.2 Å². The van der Waals surface area contributed by atoms with Crippen molar-refractivity contribution in [2.45, 2.75) is 26.2 Å². The molecule has 0 bridgehead atoms. The van der Waals surface area contributed by atoms with Gasteiger partial charge in [0.05, 0.1) is 18.4 Å². The van der Waals surface area contributed by atoms with Gasteiger partial charge in [-0.25, -0.2) is 5.01 Å². The first-order valence-corrected chi connectivity index (χ1v) is 10.2. The molecule has 0 saturated carbocycles. The molecule has 3 aromatic rings. The summed E-state index contributed by atoms with van der Waals surface area (Å²) in [5.41, 5.74) is 7.79. The Labute approximate surface area is 171 Å². The maximum atomic E-state index is 13.1. The molecule has 1 aliphatic rings. The summed E-state index contributed by atoms with van der Waals surface area (Å²) >= 11 is 0. The molecule has 29 heavy (non-hydrogen) atoms. The molecule has 1 saturated heterocycles. The van der Waals surface area contributed by atoms with Crippen molar-refractivity contribution >= 4 is 5.91 Å². The van der Waals surface area contributed by atoms with Crippen molar-refractivity contribution < 1.29 is 9.53 Å². The van der Waals surface area contributed by atoms with Crippen molar-refractivity contribution in [2.24, 2.45) is 0 Å². The second-order valence-corrected chi connectivity index (χ2v) is 7.42. The van der Waals surface area contributed by atoms with Crippen molar-refractivity contribution in [1.29, 1.82) is 0 Å². The molecule has 1 fully saturated rings. The highest BCUT2D eigenvalue weighted by Gasteiger charge is 2.21. The number of methoxy groups -OCH3 is 1. The van der Waals surface area contributed by atoms with Crippen LogP contribution in [-0.2, 0) is 0 Å². The molecule has 2 heterocycles. The molecule has 0 aliphatic carbocycles. The van der Waals surface area contributed by atoms with E-state index in [9.17, 15) is 4.79 Å². The van der Waals surface area contributed by atoms with E-state index in [2.05, 4.69) is 22.1 Å². The fraction of sp³-hybridized carbons (Fsp3) is 0.292. The minimum Gasteiger partial charge on any atom is -0.497 e. The van der Waals surface area contributed by atoms with Crippen LogP contribution < -0.4 is 10.2 Å². The van der Waals surface area contributed by atoms with Gasteiger partial charge in [0.25, 0.3) is 5.91 Å². The number of amides is 1. The maximum absolute atomic E-state index is 13.1. The maximum Gasteiger partial charge on any atom is 0.267 e. The van der Waals surface area contributed by atoms with Crippen LogP contribution in [0.1, 0.15) is 35.3 Å². The summed E-state index contributed by atoms with van der Waals surface area (Å²) in [6.07, 6.45) is 3.49. The quantitative estimate of drug-likeness (QED) is 0.694. The fourth-order valence-electron chi connectivity index (χ4n) is 3.93. The van der Waals surface area contributed by atoms with Gasteiger partial charge in [-0.1, -0.05) is 36.8 Å². The number of ether oxygens (including phenoxy) is 1. The zero-order valence-electron chi connectivity index (χ0n) is 17.0. The summed E-state index contributed by atoms with van der Waals surface area (Å²) in [7, 11) is 1.66. The molecule has 1 N–H and O–H groups in total. The van der Waals surface area contributed by atoms with E-state index in [0.717, 1.165) is 54.3 Å². The minimum absolute atomic E-state index is 0.0474. The Morgan fingerprint density at radius 3 is 2.31 bits per heavy atom. The zero-order valence-corrected chi connectivity index (χ0v) is 17.0.